The normalized spacial score (nSPS) is 20.0. The fraction of sp³-hybridized carbons (Fsp3) is 0.500. The fourth-order valence-corrected chi connectivity index (χ4v) is 3.74. The zero-order valence-electron chi connectivity index (χ0n) is 14.8. The van der Waals surface area contributed by atoms with Crippen molar-refractivity contribution in [3.05, 3.63) is 46.1 Å². The summed E-state index contributed by atoms with van der Waals surface area (Å²) in [5.41, 5.74) is 1.75. The molecule has 0 bridgehead atoms. The van der Waals surface area contributed by atoms with Crippen LogP contribution >= 0.6 is 0 Å². The molecule has 2 aliphatic rings. The summed E-state index contributed by atoms with van der Waals surface area (Å²) in [7, 11) is 1.66. The topological polar surface area (TPSA) is 84.2 Å². The van der Waals surface area contributed by atoms with Crippen LogP contribution in [0, 0.1) is 5.92 Å². The standard InChI is InChI=1S/C18H22N6O2/c1-22-16(25)12-14-11-13(3-4-15(14)21-22)17(26)23-7-9-24(10-8-23)18-19-5-2-6-20-18/h2,5-6,12-13H,3-4,7-11H2,1H3/t13-/m0/s1. The molecule has 8 nitrogen and oxygen atoms in total. The number of anilines is 1. The smallest absolute Gasteiger partial charge is 0.266 e. The Morgan fingerprint density at radius 3 is 2.62 bits per heavy atom. The summed E-state index contributed by atoms with van der Waals surface area (Å²) >= 11 is 0. The lowest BCUT2D eigenvalue weighted by atomic mass is 9.86. The predicted octanol–water partition coefficient (Wildman–Crippen LogP) is 0.0240. The van der Waals surface area contributed by atoms with Gasteiger partial charge >= 0.3 is 0 Å². The van der Waals surface area contributed by atoms with Crippen LogP contribution in [0.4, 0.5) is 5.95 Å². The Morgan fingerprint density at radius 1 is 1.15 bits per heavy atom. The lowest BCUT2D eigenvalue weighted by Crippen LogP contribution is -2.51. The molecule has 0 saturated carbocycles. The van der Waals surface area contributed by atoms with E-state index in [9.17, 15) is 9.59 Å². The third kappa shape index (κ3) is 3.18. The van der Waals surface area contributed by atoms with Gasteiger partial charge in [-0.2, -0.15) is 5.10 Å². The third-order valence-electron chi connectivity index (χ3n) is 5.23. The van der Waals surface area contributed by atoms with Crippen LogP contribution in [0.25, 0.3) is 0 Å². The van der Waals surface area contributed by atoms with Crippen LogP contribution < -0.4 is 10.5 Å². The van der Waals surface area contributed by atoms with Gasteiger partial charge in [0.2, 0.25) is 11.9 Å². The Morgan fingerprint density at radius 2 is 1.88 bits per heavy atom. The molecule has 3 heterocycles. The van der Waals surface area contributed by atoms with Crippen LogP contribution in [0.5, 0.6) is 0 Å². The zero-order chi connectivity index (χ0) is 18.1. The maximum absolute atomic E-state index is 12.9. The van der Waals surface area contributed by atoms with Crippen molar-refractivity contribution in [2.75, 3.05) is 31.1 Å². The van der Waals surface area contributed by atoms with Crippen LogP contribution in [0.1, 0.15) is 17.7 Å². The highest BCUT2D eigenvalue weighted by Crippen LogP contribution is 2.25. The molecule has 2 aromatic heterocycles. The van der Waals surface area contributed by atoms with Gasteiger partial charge in [0.05, 0.1) is 5.69 Å². The van der Waals surface area contributed by atoms with Crippen molar-refractivity contribution in [2.24, 2.45) is 13.0 Å². The van der Waals surface area contributed by atoms with Crippen molar-refractivity contribution >= 4 is 11.9 Å². The fourth-order valence-electron chi connectivity index (χ4n) is 3.74. The first kappa shape index (κ1) is 16.7. The van der Waals surface area contributed by atoms with Gasteiger partial charge in [0.1, 0.15) is 0 Å². The van der Waals surface area contributed by atoms with Crippen molar-refractivity contribution in [2.45, 2.75) is 19.3 Å². The molecule has 0 aromatic carbocycles. The highest BCUT2D eigenvalue weighted by molar-refractivity contribution is 5.79. The van der Waals surface area contributed by atoms with E-state index in [4.69, 9.17) is 0 Å². The van der Waals surface area contributed by atoms with E-state index in [1.807, 2.05) is 4.90 Å². The molecule has 1 atom stereocenters. The van der Waals surface area contributed by atoms with Gasteiger partial charge in [-0.25, -0.2) is 14.6 Å². The van der Waals surface area contributed by atoms with E-state index in [1.165, 1.54) is 4.68 Å². The second-order valence-electron chi connectivity index (χ2n) is 6.88. The number of piperazine rings is 1. The average molecular weight is 354 g/mol. The van der Waals surface area contributed by atoms with Crippen LogP contribution in [-0.2, 0) is 24.7 Å². The Kier molecular flexibility index (Phi) is 4.40. The Bertz CT molecular complexity index is 858. The van der Waals surface area contributed by atoms with Crippen molar-refractivity contribution in [3.63, 3.8) is 0 Å². The van der Waals surface area contributed by atoms with E-state index in [-0.39, 0.29) is 17.4 Å². The number of hydrogen-bond acceptors (Lipinski definition) is 6. The summed E-state index contributed by atoms with van der Waals surface area (Å²) in [6, 6.07) is 3.43. The minimum Gasteiger partial charge on any atom is -0.339 e. The number of amides is 1. The van der Waals surface area contributed by atoms with E-state index in [2.05, 4.69) is 20.0 Å². The van der Waals surface area contributed by atoms with Gasteiger partial charge in [-0.05, 0) is 30.9 Å². The largest absolute Gasteiger partial charge is 0.339 e. The molecule has 4 rings (SSSR count). The summed E-state index contributed by atoms with van der Waals surface area (Å²) in [4.78, 5) is 37.3. The highest BCUT2D eigenvalue weighted by Gasteiger charge is 2.31. The monoisotopic (exact) mass is 354 g/mol. The van der Waals surface area contributed by atoms with Crippen molar-refractivity contribution < 1.29 is 4.79 Å². The molecule has 2 aromatic rings. The molecule has 136 valence electrons. The molecule has 1 fully saturated rings. The molecule has 0 N–H and O–H groups in total. The summed E-state index contributed by atoms with van der Waals surface area (Å²) in [6.07, 6.45) is 5.62. The van der Waals surface area contributed by atoms with Gasteiger partial charge in [0.25, 0.3) is 5.56 Å². The molecule has 1 aliphatic carbocycles. The quantitative estimate of drug-likeness (QED) is 0.756. The van der Waals surface area contributed by atoms with E-state index in [0.717, 1.165) is 37.2 Å². The molecule has 1 aliphatic heterocycles. The van der Waals surface area contributed by atoms with E-state index in [0.29, 0.717) is 25.5 Å². The minimum atomic E-state index is -0.117. The van der Waals surface area contributed by atoms with Crippen LogP contribution in [0.15, 0.2) is 29.3 Å². The maximum Gasteiger partial charge on any atom is 0.266 e. The van der Waals surface area contributed by atoms with E-state index >= 15 is 0 Å². The van der Waals surface area contributed by atoms with Gasteiger partial charge in [-0.3, -0.25) is 9.59 Å². The van der Waals surface area contributed by atoms with Crippen molar-refractivity contribution in [1.82, 2.24) is 24.6 Å². The molecule has 26 heavy (non-hydrogen) atoms. The van der Waals surface area contributed by atoms with Crippen molar-refractivity contribution in [1.29, 1.82) is 0 Å². The molecule has 8 heteroatoms. The first-order valence-electron chi connectivity index (χ1n) is 8.98. The third-order valence-corrected chi connectivity index (χ3v) is 5.23. The van der Waals surface area contributed by atoms with Crippen LogP contribution in [0.2, 0.25) is 0 Å². The number of carbonyl (C=O) groups is 1. The first-order chi connectivity index (χ1) is 12.6. The van der Waals surface area contributed by atoms with Gasteiger partial charge in [-0.15, -0.1) is 0 Å². The Hall–Kier alpha value is -2.77. The number of hydrogen-bond donors (Lipinski definition) is 0. The van der Waals surface area contributed by atoms with Gasteiger partial charge in [-0.1, -0.05) is 0 Å². The second kappa shape index (κ2) is 6.86. The SMILES string of the molecule is Cn1nc2c(cc1=O)C[C@@H](C(=O)N1CCN(c3ncccn3)CC1)CC2. The number of carbonyl (C=O) groups excluding carboxylic acids is 1. The Balaban J connectivity index is 1.40. The number of nitrogens with zero attached hydrogens (tertiary/aromatic N) is 6. The Labute approximate surface area is 151 Å². The summed E-state index contributed by atoms with van der Waals surface area (Å²) in [6.45, 7) is 2.83. The summed E-state index contributed by atoms with van der Waals surface area (Å²) < 4.78 is 1.37. The lowest BCUT2D eigenvalue weighted by Gasteiger charge is -2.37. The molecule has 0 radical (unpaired) electrons. The minimum absolute atomic E-state index is 0.0593. The number of aryl methyl sites for hydroxylation is 2. The number of aromatic nitrogens is 4. The van der Waals surface area contributed by atoms with Gasteiger partial charge in [0.15, 0.2) is 0 Å². The lowest BCUT2D eigenvalue weighted by molar-refractivity contribution is -0.136. The molecular weight excluding hydrogens is 332 g/mol. The molecule has 1 amide bonds. The molecule has 0 unspecified atom stereocenters. The molecular formula is C18H22N6O2. The average Bonchev–Trinajstić information content (AvgIpc) is 2.69. The van der Waals surface area contributed by atoms with Crippen LogP contribution in [-0.4, -0.2) is 56.7 Å². The van der Waals surface area contributed by atoms with Crippen LogP contribution in [0.3, 0.4) is 0 Å². The second-order valence-corrected chi connectivity index (χ2v) is 6.88. The first-order valence-corrected chi connectivity index (χ1v) is 8.98. The predicted molar refractivity (Wildman–Crippen MR) is 95.8 cm³/mol. The zero-order valence-corrected chi connectivity index (χ0v) is 14.8. The van der Waals surface area contributed by atoms with Gasteiger partial charge < -0.3 is 9.80 Å². The number of fused-ring (bicyclic) bond motifs is 1. The maximum atomic E-state index is 12.9. The summed E-state index contributed by atoms with van der Waals surface area (Å²) in [5, 5.41) is 4.32. The summed E-state index contributed by atoms with van der Waals surface area (Å²) in [5.74, 6) is 0.842. The van der Waals surface area contributed by atoms with Crippen molar-refractivity contribution in [3.8, 4) is 0 Å². The molecule has 1 saturated heterocycles. The van der Waals surface area contributed by atoms with E-state index < -0.39 is 0 Å². The highest BCUT2D eigenvalue weighted by atomic mass is 16.2. The molecule has 0 spiro atoms. The van der Waals surface area contributed by atoms with Gasteiger partial charge in [0, 0.05) is 57.6 Å². The number of rotatable bonds is 2. The van der Waals surface area contributed by atoms with E-state index in [1.54, 1.807) is 31.6 Å².